The molecule has 116 valence electrons. The molecule has 2 rings (SSSR count). The van der Waals surface area contributed by atoms with Crippen molar-refractivity contribution in [1.29, 1.82) is 0 Å². The summed E-state index contributed by atoms with van der Waals surface area (Å²) in [6.45, 7) is 4.25. The van der Waals surface area contributed by atoms with Crippen LogP contribution in [-0.4, -0.2) is 44.2 Å². The van der Waals surface area contributed by atoms with Gasteiger partial charge in [0.15, 0.2) is 0 Å². The summed E-state index contributed by atoms with van der Waals surface area (Å²) in [5, 5.41) is 3.45. The predicted molar refractivity (Wildman–Crippen MR) is 92.5 cm³/mol. The molecule has 1 atom stereocenters. The number of fused-ring (bicyclic) bond motifs is 1. The second-order valence-electron chi connectivity index (χ2n) is 6.18. The van der Waals surface area contributed by atoms with Crippen LogP contribution in [0.25, 0.3) is 0 Å². The van der Waals surface area contributed by atoms with E-state index < -0.39 is 0 Å². The summed E-state index contributed by atoms with van der Waals surface area (Å²) in [4.78, 5) is 3.12. The zero-order valence-electron chi connectivity index (χ0n) is 13.5. The molecular formula is C17H26N2OS. The Balaban J connectivity index is 2.46. The predicted octanol–water partition coefficient (Wildman–Crippen LogP) is 2.96. The smallest absolute Gasteiger partial charge is 0.119 e. The molecule has 0 radical (unpaired) electrons. The molecule has 1 heterocycles. The zero-order chi connectivity index (χ0) is 15.5. The van der Waals surface area contributed by atoms with Gasteiger partial charge in [-0.25, -0.2) is 0 Å². The highest BCUT2D eigenvalue weighted by Crippen LogP contribution is 2.39. The average Bonchev–Trinajstić information content (AvgIpc) is 2.48. The van der Waals surface area contributed by atoms with Crippen molar-refractivity contribution in [3.8, 4) is 5.75 Å². The van der Waals surface area contributed by atoms with Crippen LogP contribution in [0.1, 0.15) is 37.3 Å². The van der Waals surface area contributed by atoms with E-state index in [1.54, 1.807) is 7.11 Å². The molecule has 0 spiro atoms. The van der Waals surface area contributed by atoms with Crippen molar-refractivity contribution in [2.75, 3.05) is 34.3 Å². The van der Waals surface area contributed by atoms with Crippen LogP contribution < -0.4 is 10.1 Å². The molecule has 0 saturated heterocycles. The highest BCUT2D eigenvalue weighted by Gasteiger charge is 2.37. The molecule has 3 nitrogen and oxygen atoms in total. The monoisotopic (exact) mass is 306 g/mol. The number of benzene rings is 1. The lowest BCUT2D eigenvalue weighted by Gasteiger charge is -2.41. The molecule has 1 aromatic rings. The molecule has 0 amide bonds. The van der Waals surface area contributed by atoms with Crippen molar-refractivity contribution in [3.05, 3.63) is 29.3 Å². The van der Waals surface area contributed by atoms with Crippen molar-refractivity contribution in [1.82, 2.24) is 10.2 Å². The Hall–Kier alpha value is -1.13. The number of nitrogens with zero attached hydrogens (tertiary/aromatic N) is 1. The molecule has 1 N–H and O–H groups in total. The number of thiocarbonyl (C=S) groups is 1. The van der Waals surface area contributed by atoms with Crippen LogP contribution in [0.3, 0.4) is 0 Å². The molecule has 0 bridgehead atoms. The lowest BCUT2D eigenvalue weighted by Crippen LogP contribution is -2.47. The largest absolute Gasteiger partial charge is 0.497 e. The van der Waals surface area contributed by atoms with Gasteiger partial charge in [0.2, 0.25) is 0 Å². The fourth-order valence-corrected chi connectivity index (χ4v) is 3.46. The third kappa shape index (κ3) is 3.38. The van der Waals surface area contributed by atoms with Gasteiger partial charge in [0.25, 0.3) is 0 Å². The van der Waals surface area contributed by atoms with E-state index in [1.807, 2.05) is 6.07 Å². The number of rotatable bonds is 6. The van der Waals surface area contributed by atoms with Gasteiger partial charge in [0.05, 0.1) is 7.11 Å². The second kappa shape index (κ2) is 6.75. The molecule has 0 saturated carbocycles. The van der Waals surface area contributed by atoms with Gasteiger partial charge in [-0.3, -0.25) is 0 Å². The first-order valence-electron chi connectivity index (χ1n) is 7.64. The van der Waals surface area contributed by atoms with Crippen LogP contribution in [0.15, 0.2) is 18.2 Å². The number of hydrogen-bond acceptors (Lipinski definition) is 3. The van der Waals surface area contributed by atoms with E-state index in [0.717, 1.165) is 36.7 Å². The number of methoxy groups -OCH3 is 1. The second-order valence-corrected chi connectivity index (χ2v) is 6.59. The summed E-state index contributed by atoms with van der Waals surface area (Å²) >= 11 is 5.50. The maximum absolute atomic E-state index is 5.50. The quantitative estimate of drug-likeness (QED) is 0.817. The molecule has 1 aromatic carbocycles. The topological polar surface area (TPSA) is 24.5 Å². The van der Waals surface area contributed by atoms with E-state index in [2.05, 4.69) is 43.4 Å². The van der Waals surface area contributed by atoms with Gasteiger partial charge >= 0.3 is 0 Å². The van der Waals surface area contributed by atoms with Crippen LogP contribution in [0.4, 0.5) is 0 Å². The Bertz CT molecular complexity index is 516. The zero-order valence-corrected chi connectivity index (χ0v) is 14.3. The van der Waals surface area contributed by atoms with Crippen LogP contribution in [0, 0.1) is 0 Å². The lowest BCUT2D eigenvalue weighted by atomic mass is 9.70. The fourth-order valence-electron chi connectivity index (χ4n) is 3.21. The van der Waals surface area contributed by atoms with Crippen LogP contribution in [0.5, 0.6) is 5.75 Å². The molecule has 0 aromatic heterocycles. The third-order valence-electron chi connectivity index (χ3n) is 4.40. The van der Waals surface area contributed by atoms with Gasteiger partial charge in [-0.2, -0.15) is 0 Å². The maximum atomic E-state index is 5.50. The van der Waals surface area contributed by atoms with Crippen molar-refractivity contribution < 1.29 is 4.74 Å². The van der Waals surface area contributed by atoms with Crippen LogP contribution >= 0.6 is 12.2 Å². The Morgan fingerprint density at radius 2 is 2.10 bits per heavy atom. The van der Waals surface area contributed by atoms with E-state index in [1.165, 1.54) is 17.5 Å². The molecular weight excluding hydrogens is 280 g/mol. The molecule has 0 aliphatic carbocycles. The minimum atomic E-state index is 0.144. The van der Waals surface area contributed by atoms with Crippen molar-refractivity contribution >= 4 is 17.2 Å². The molecule has 21 heavy (non-hydrogen) atoms. The van der Waals surface area contributed by atoms with Gasteiger partial charge in [0, 0.05) is 17.5 Å². The summed E-state index contributed by atoms with van der Waals surface area (Å²) in [5.41, 5.74) is 2.67. The minimum absolute atomic E-state index is 0.144. The SMILES string of the molecule is CCCC1(CCN(C)C)CNC(=S)c2ccc(OC)cc21. The van der Waals surface area contributed by atoms with E-state index >= 15 is 0 Å². The highest BCUT2D eigenvalue weighted by atomic mass is 32.1. The standard InChI is InChI=1S/C17H26N2OS/c1-5-8-17(9-10-19(2)3)12-18-16(21)14-7-6-13(20-4)11-15(14)17/h6-7,11H,5,8-10,12H2,1-4H3,(H,18,21). The minimum Gasteiger partial charge on any atom is -0.497 e. The van der Waals surface area contributed by atoms with Crippen molar-refractivity contribution in [3.63, 3.8) is 0 Å². The first-order chi connectivity index (χ1) is 10.0. The fraction of sp³-hybridized carbons (Fsp3) is 0.588. The first kappa shape index (κ1) is 16.2. The van der Waals surface area contributed by atoms with Crippen LogP contribution in [-0.2, 0) is 5.41 Å². The Morgan fingerprint density at radius 1 is 1.33 bits per heavy atom. The van der Waals surface area contributed by atoms with Crippen molar-refractivity contribution in [2.45, 2.75) is 31.6 Å². The van der Waals surface area contributed by atoms with Gasteiger partial charge in [-0.15, -0.1) is 0 Å². The van der Waals surface area contributed by atoms with Gasteiger partial charge in [-0.05, 0) is 57.2 Å². The van der Waals surface area contributed by atoms with E-state index in [-0.39, 0.29) is 5.41 Å². The van der Waals surface area contributed by atoms with E-state index in [0.29, 0.717) is 0 Å². The Labute approximate surface area is 133 Å². The molecule has 4 heteroatoms. The number of nitrogens with one attached hydrogen (secondary N) is 1. The lowest BCUT2D eigenvalue weighted by molar-refractivity contribution is 0.289. The highest BCUT2D eigenvalue weighted by molar-refractivity contribution is 7.80. The van der Waals surface area contributed by atoms with Crippen LogP contribution in [0.2, 0.25) is 0 Å². The maximum Gasteiger partial charge on any atom is 0.119 e. The van der Waals surface area contributed by atoms with Gasteiger partial charge in [0.1, 0.15) is 10.7 Å². The average molecular weight is 306 g/mol. The van der Waals surface area contributed by atoms with Gasteiger partial charge in [-0.1, -0.05) is 25.6 Å². The Kier molecular flexibility index (Phi) is 5.22. The summed E-state index contributed by atoms with van der Waals surface area (Å²) in [6.07, 6.45) is 3.46. The molecule has 1 aliphatic rings. The van der Waals surface area contributed by atoms with Crippen molar-refractivity contribution in [2.24, 2.45) is 0 Å². The van der Waals surface area contributed by atoms with E-state index in [4.69, 9.17) is 17.0 Å². The normalized spacial score (nSPS) is 21.1. The molecule has 0 fully saturated rings. The summed E-state index contributed by atoms with van der Waals surface area (Å²) in [5.74, 6) is 0.920. The van der Waals surface area contributed by atoms with E-state index in [9.17, 15) is 0 Å². The molecule has 1 unspecified atom stereocenters. The summed E-state index contributed by atoms with van der Waals surface area (Å²) in [6, 6.07) is 6.29. The third-order valence-corrected chi connectivity index (χ3v) is 4.76. The number of ether oxygens (including phenoxy) is 1. The first-order valence-corrected chi connectivity index (χ1v) is 8.04. The number of hydrogen-bond donors (Lipinski definition) is 1. The van der Waals surface area contributed by atoms with Gasteiger partial charge < -0.3 is 15.0 Å². The summed E-state index contributed by atoms with van der Waals surface area (Å²) in [7, 11) is 5.99. The summed E-state index contributed by atoms with van der Waals surface area (Å²) < 4.78 is 5.44. The Morgan fingerprint density at radius 3 is 2.71 bits per heavy atom. The molecule has 1 aliphatic heterocycles.